The van der Waals surface area contributed by atoms with Crippen molar-refractivity contribution < 1.29 is 14.3 Å². The van der Waals surface area contributed by atoms with Gasteiger partial charge in [0.05, 0.1) is 0 Å². The lowest BCUT2D eigenvalue weighted by atomic mass is 10.1. The van der Waals surface area contributed by atoms with E-state index in [4.69, 9.17) is 4.74 Å². The van der Waals surface area contributed by atoms with Crippen molar-refractivity contribution in [2.45, 2.75) is 13.8 Å². The van der Waals surface area contributed by atoms with Crippen LogP contribution in [-0.4, -0.2) is 18.4 Å². The van der Waals surface area contributed by atoms with Gasteiger partial charge in [-0.05, 0) is 18.6 Å². The van der Waals surface area contributed by atoms with Crippen molar-refractivity contribution >= 4 is 17.8 Å². The molecule has 0 aromatic heterocycles. The molecule has 0 saturated heterocycles. The van der Waals surface area contributed by atoms with Gasteiger partial charge in [0.1, 0.15) is 6.61 Å². The van der Waals surface area contributed by atoms with Gasteiger partial charge in [-0.15, -0.1) is 0 Å². The number of rotatable bonds is 4. The first-order chi connectivity index (χ1) is 7.59. The van der Waals surface area contributed by atoms with Crippen molar-refractivity contribution in [2.24, 2.45) is 0 Å². The van der Waals surface area contributed by atoms with E-state index in [0.717, 1.165) is 5.56 Å². The van der Waals surface area contributed by atoms with Crippen LogP contribution in [0.5, 0.6) is 0 Å². The van der Waals surface area contributed by atoms with E-state index in [0.29, 0.717) is 5.57 Å². The Morgan fingerprint density at radius 2 is 1.81 bits per heavy atom. The summed E-state index contributed by atoms with van der Waals surface area (Å²) in [6, 6.07) is 9.44. The van der Waals surface area contributed by atoms with Crippen LogP contribution in [0.1, 0.15) is 19.4 Å². The summed E-state index contributed by atoms with van der Waals surface area (Å²) in [6.45, 7) is 2.80. The number of ether oxygens (including phenoxy) is 1. The van der Waals surface area contributed by atoms with E-state index in [1.807, 2.05) is 30.3 Å². The van der Waals surface area contributed by atoms with E-state index in [1.54, 1.807) is 6.08 Å². The predicted molar refractivity (Wildman–Crippen MR) is 61.7 cm³/mol. The van der Waals surface area contributed by atoms with E-state index in [2.05, 4.69) is 0 Å². The van der Waals surface area contributed by atoms with Crippen LogP contribution in [0.3, 0.4) is 0 Å². The Labute approximate surface area is 94.7 Å². The number of hydrogen-bond donors (Lipinski definition) is 0. The van der Waals surface area contributed by atoms with Gasteiger partial charge in [0, 0.05) is 12.5 Å². The van der Waals surface area contributed by atoms with Gasteiger partial charge in [-0.1, -0.05) is 30.3 Å². The van der Waals surface area contributed by atoms with E-state index in [9.17, 15) is 9.59 Å². The number of Topliss-reactive ketones (excluding diaryl/α,β-unsaturated/α-hetero) is 1. The summed E-state index contributed by atoms with van der Waals surface area (Å²) in [5.41, 5.74) is 1.40. The molecule has 0 atom stereocenters. The smallest absolute Gasteiger partial charge is 0.302 e. The monoisotopic (exact) mass is 218 g/mol. The number of benzene rings is 1. The molecule has 0 spiro atoms. The molecule has 3 nitrogen and oxygen atoms in total. The fourth-order valence-corrected chi connectivity index (χ4v) is 1.17. The molecular weight excluding hydrogens is 204 g/mol. The quantitative estimate of drug-likeness (QED) is 0.575. The van der Waals surface area contributed by atoms with Gasteiger partial charge in [-0.25, -0.2) is 0 Å². The van der Waals surface area contributed by atoms with Crippen molar-refractivity contribution in [1.29, 1.82) is 0 Å². The molecule has 0 aliphatic heterocycles. The summed E-state index contributed by atoms with van der Waals surface area (Å²) >= 11 is 0. The standard InChI is InChI=1S/C13H14O3/c1-10(14)13(9-16-11(2)15)8-12-6-4-3-5-7-12/h3-8H,9H2,1-2H3/b13-8+. The SMILES string of the molecule is CC(=O)OC/C(=C\c1ccccc1)C(C)=O. The number of carbonyl (C=O) groups is 2. The molecule has 0 amide bonds. The molecule has 0 N–H and O–H groups in total. The zero-order valence-electron chi connectivity index (χ0n) is 9.40. The minimum atomic E-state index is -0.389. The van der Waals surface area contributed by atoms with E-state index < -0.39 is 0 Å². The van der Waals surface area contributed by atoms with Gasteiger partial charge in [-0.3, -0.25) is 9.59 Å². The van der Waals surface area contributed by atoms with Crippen molar-refractivity contribution in [1.82, 2.24) is 0 Å². The zero-order chi connectivity index (χ0) is 12.0. The molecule has 84 valence electrons. The van der Waals surface area contributed by atoms with Crippen LogP contribution in [0.2, 0.25) is 0 Å². The van der Waals surface area contributed by atoms with Crippen LogP contribution in [0.4, 0.5) is 0 Å². The minimum Gasteiger partial charge on any atom is -0.461 e. The maximum Gasteiger partial charge on any atom is 0.302 e. The maximum atomic E-state index is 11.3. The van der Waals surface area contributed by atoms with Crippen LogP contribution in [-0.2, 0) is 14.3 Å². The van der Waals surface area contributed by atoms with Gasteiger partial charge in [0.2, 0.25) is 0 Å². The summed E-state index contributed by atoms with van der Waals surface area (Å²) in [5.74, 6) is -0.481. The first-order valence-corrected chi connectivity index (χ1v) is 4.99. The van der Waals surface area contributed by atoms with Gasteiger partial charge >= 0.3 is 5.97 Å². The second kappa shape index (κ2) is 5.85. The average Bonchev–Trinajstić information content (AvgIpc) is 2.25. The molecule has 1 aromatic rings. The highest BCUT2D eigenvalue weighted by Crippen LogP contribution is 2.08. The van der Waals surface area contributed by atoms with Crippen molar-refractivity contribution in [3.8, 4) is 0 Å². The third-order valence-corrected chi connectivity index (χ3v) is 2.02. The molecule has 0 bridgehead atoms. The second-order valence-electron chi connectivity index (χ2n) is 3.42. The molecule has 16 heavy (non-hydrogen) atoms. The molecule has 0 aliphatic carbocycles. The second-order valence-corrected chi connectivity index (χ2v) is 3.42. The van der Waals surface area contributed by atoms with Crippen LogP contribution in [0.25, 0.3) is 6.08 Å². The molecular formula is C13H14O3. The van der Waals surface area contributed by atoms with E-state index in [-0.39, 0.29) is 18.4 Å². The van der Waals surface area contributed by atoms with Crippen LogP contribution >= 0.6 is 0 Å². The fourth-order valence-electron chi connectivity index (χ4n) is 1.17. The van der Waals surface area contributed by atoms with Gasteiger partial charge in [0.25, 0.3) is 0 Å². The molecule has 0 fully saturated rings. The topological polar surface area (TPSA) is 43.4 Å². The van der Waals surface area contributed by atoms with Crippen molar-refractivity contribution in [3.63, 3.8) is 0 Å². The molecule has 0 heterocycles. The van der Waals surface area contributed by atoms with Crippen LogP contribution in [0, 0.1) is 0 Å². The minimum absolute atomic E-state index is 0.0273. The highest BCUT2D eigenvalue weighted by atomic mass is 16.5. The van der Waals surface area contributed by atoms with Gasteiger partial charge in [0.15, 0.2) is 5.78 Å². The first-order valence-electron chi connectivity index (χ1n) is 4.99. The molecule has 0 saturated carbocycles. The normalized spacial score (nSPS) is 11.0. The summed E-state index contributed by atoms with van der Waals surface area (Å²) in [4.78, 5) is 22.0. The Bertz CT molecular complexity index is 404. The Hall–Kier alpha value is -1.90. The summed E-state index contributed by atoms with van der Waals surface area (Å²) < 4.78 is 4.81. The highest BCUT2D eigenvalue weighted by molar-refractivity contribution is 5.98. The fraction of sp³-hybridized carbons (Fsp3) is 0.231. The van der Waals surface area contributed by atoms with Gasteiger partial charge in [-0.2, -0.15) is 0 Å². The number of hydrogen-bond acceptors (Lipinski definition) is 3. The molecule has 0 unspecified atom stereocenters. The summed E-state index contributed by atoms with van der Waals surface area (Å²) in [6.07, 6.45) is 1.73. The highest BCUT2D eigenvalue weighted by Gasteiger charge is 2.05. The molecule has 1 rings (SSSR count). The Morgan fingerprint density at radius 1 is 1.19 bits per heavy atom. The Morgan fingerprint density at radius 3 is 2.31 bits per heavy atom. The van der Waals surface area contributed by atoms with Crippen molar-refractivity contribution in [3.05, 3.63) is 41.5 Å². The lowest BCUT2D eigenvalue weighted by Gasteiger charge is -2.04. The Kier molecular flexibility index (Phi) is 4.45. The summed E-state index contributed by atoms with van der Waals surface area (Å²) in [5, 5.41) is 0. The number of ketones is 1. The Balaban J connectivity index is 2.81. The molecule has 1 aromatic carbocycles. The molecule has 0 aliphatic rings. The lowest BCUT2D eigenvalue weighted by molar-refractivity contribution is -0.140. The summed E-state index contributed by atoms with van der Waals surface area (Å²) in [7, 11) is 0. The van der Waals surface area contributed by atoms with Gasteiger partial charge < -0.3 is 4.74 Å². The average molecular weight is 218 g/mol. The van der Waals surface area contributed by atoms with Crippen LogP contribution < -0.4 is 0 Å². The molecule has 0 radical (unpaired) electrons. The maximum absolute atomic E-state index is 11.3. The van der Waals surface area contributed by atoms with E-state index in [1.165, 1.54) is 13.8 Å². The largest absolute Gasteiger partial charge is 0.461 e. The van der Waals surface area contributed by atoms with E-state index >= 15 is 0 Å². The predicted octanol–water partition coefficient (Wildman–Crippen LogP) is 2.22. The van der Waals surface area contributed by atoms with Crippen LogP contribution in [0.15, 0.2) is 35.9 Å². The third-order valence-electron chi connectivity index (χ3n) is 2.02. The lowest BCUT2D eigenvalue weighted by Crippen LogP contribution is -2.08. The third kappa shape index (κ3) is 4.09. The molecule has 3 heteroatoms. The number of carbonyl (C=O) groups excluding carboxylic acids is 2. The van der Waals surface area contributed by atoms with Crippen molar-refractivity contribution in [2.75, 3.05) is 6.61 Å². The first kappa shape index (κ1) is 12.2. The zero-order valence-corrected chi connectivity index (χ0v) is 9.40. The number of esters is 1.